The maximum Gasteiger partial charge on any atom is 0.259 e. The number of rotatable bonds is 3. The topological polar surface area (TPSA) is 55.0 Å². The molecule has 4 aromatic rings. The van der Waals surface area contributed by atoms with Gasteiger partial charge in [0.15, 0.2) is 0 Å². The van der Waals surface area contributed by atoms with E-state index in [0.717, 1.165) is 26.6 Å². The van der Waals surface area contributed by atoms with Gasteiger partial charge in [0.2, 0.25) is 0 Å². The first kappa shape index (κ1) is 14.7. The zero-order valence-electron chi connectivity index (χ0n) is 12.9. The second kappa shape index (κ2) is 5.94. The lowest BCUT2D eigenvalue weighted by molar-refractivity contribution is 0.415. The second-order valence-corrected chi connectivity index (χ2v) is 6.37. The molecule has 1 N–H and O–H groups in total. The first-order valence-corrected chi connectivity index (χ1v) is 8.30. The Morgan fingerprint density at radius 3 is 2.46 bits per heavy atom. The van der Waals surface area contributed by atoms with Gasteiger partial charge in [0.1, 0.15) is 16.4 Å². The Bertz CT molecular complexity index is 1050. The van der Waals surface area contributed by atoms with E-state index in [1.54, 1.807) is 7.11 Å². The van der Waals surface area contributed by atoms with E-state index in [2.05, 4.69) is 9.97 Å². The van der Waals surface area contributed by atoms with Crippen molar-refractivity contribution in [3.05, 3.63) is 71.0 Å². The average Bonchev–Trinajstić information content (AvgIpc) is 3.07. The molecule has 0 aliphatic heterocycles. The van der Waals surface area contributed by atoms with Crippen molar-refractivity contribution in [3.8, 4) is 27.6 Å². The second-order valence-electron chi connectivity index (χ2n) is 5.34. The van der Waals surface area contributed by atoms with Gasteiger partial charge in [0.05, 0.1) is 12.5 Å². The molecule has 2 aromatic heterocycles. The molecule has 0 aliphatic rings. The molecule has 0 unspecified atom stereocenters. The van der Waals surface area contributed by atoms with Crippen molar-refractivity contribution in [1.82, 2.24) is 9.97 Å². The number of nitrogens with one attached hydrogen (secondary N) is 1. The largest absolute Gasteiger partial charge is 0.497 e. The fourth-order valence-electron chi connectivity index (χ4n) is 2.56. The van der Waals surface area contributed by atoms with Crippen LogP contribution in [0.15, 0.2) is 65.5 Å². The third kappa shape index (κ3) is 2.59. The maximum absolute atomic E-state index is 12.4. The summed E-state index contributed by atoms with van der Waals surface area (Å²) in [6.07, 6.45) is 0. The predicted molar refractivity (Wildman–Crippen MR) is 97.7 cm³/mol. The summed E-state index contributed by atoms with van der Waals surface area (Å²) in [4.78, 5) is 21.7. The lowest BCUT2D eigenvalue weighted by atomic mass is 10.2. The Balaban J connectivity index is 1.83. The smallest absolute Gasteiger partial charge is 0.259 e. The van der Waals surface area contributed by atoms with Crippen LogP contribution >= 0.6 is 11.3 Å². The Morgan fingerprint density at radius 2 is 1.75 bits per heavy atom. The Kier molecular flexibility index (Phi) is 3.63. The summed E-state index contributed by atoms with van der Waals surface area (Å²) in [5.41, 5.74) is 1.82. The van der Waals surface area contributed by atoms with E-state index >= 15 is 0 Å². The molecule has 2 aromatic carbocycles. The van der Waals surface area contributed by atoms with Gasteiger partial charge < -0.3 is 9.72 Å². The van der Waals surface area contributed by atoms with Crippen LogP contribution in [0.2, 0.25) is 0 Å². The molecule has 0 radical (unpaired) electrons. The molecule has 118 valence electrons. The zero-order valence-corrected chi connectivity index (χ0v) is 13.8. The Hall–Kier alpha value is -2.92. The molecule has 0 atom stereocenters. The molecule has 0 aliphatic carbocycles. The average molecular weight is 334 g/mol. The van der Waals surface area contributed by atoms with Crippen molar-refractivity contribution in [3.63, 3.8) is 0 Å². The van der Waals surface area contributed by atoms with E-state index in [9.17, 15) is 4.79 Å². The number of benzene rings is 2. The lowest BCUT2D eigenvalue weighted by Gasteiger charge is -2.03. The Labute approximate surface area is 142 Å². The third-order valence-electron chi connectivity index (χ3n) is 3.82. The highest BCUT2D eigenvalue weighted by atomic mass is 32.1. The van der Waals surface area contributed by atoms with Crippen molar-refractivity contribution >= 4 is 21.6 Å². The van der Waals surface area contributed by atoms with E-state index in [1.807, 2.05) is 60.7 Å². The van der Waals surface area contributed by atoms with Crippen molar-refractivity contribution in [1.29, 1.82) is 0 Å². The normalized spacial score (nSPS) is 10.9. The molecule has 0 bridgehead atoms. The summed E-state index contributed by atoms with van der Waals surface area (Å²) in [5.74, 6) is 1.33. The number of thiophene rings is 1. The first-order valence-electron chi connectivity index (χ1n) is 7.48. The van der Waals surface area contributed by atoms with Gasteiger partial charge in [0.25, 0.3) is 5.56 Å². The minimum atomic E-state index is -0.121. The van der Waals surface area contributed by atoms with E-state index in [4.69, 9.17) is 4.74 Å². The number of fused-ring (bicyclic) bond motifs is 1. The van der Waals surface area contributed by atoms with Gasteiger partial charge in [-0.25, -0.2) is 4.98 Å². The molecule has 0 spiro atoms. The summed E-state index contributed by atoms with van der Waals surface area (Å²) in [5, 5.41) is 0.621. The van der Waals surface area contributed by atoms with Crippen LogP contribution in [0.25, 0.3) is 32.0 Å². The molecule has 2 heterocycles. The van der Waals surface area contributed by atoms with Gasteiger partial charge in [-0.05, 0) is 35.9 Å². The van der Waals surface area contributed by atoms with Crippen LogP contribution in [0, 0.1) is 0 Å². The SMILES string of the molecule is COc1ccc(-c2nc3sc(-c4ccccc4)cc3c(=O)[nH]2)cc1. The van der Waals surface area contributed by atoms with Gasteiger partial charge in [-0.15, -0.1) is 11.3 Å². The summed E-state index contributed by atoms with van der Waals surface area (Å²) in [6, 6.07) is 19.4. The number of aromatic amines is 1. The Morgan fingerprint density at radius 1 is 1.00 bits per heavy atom. The lowest BCUT2D eigenvalue weighted by Crippen LogP contribution is -2.07. The number of nitrogens with zero attached hydrogens (tertiary/aromatic N) is 1. The van der Waals surface area contributed by atoms with Crippen LogP contribution in [0.5, 0.6) is 5.75 Å². The maximum atomic E-state index is 12.4. The molecule has 4 nitrogen and oxygen atoms in total. The number of H-pyrrole nitrogens is 1. The minimum Gasteiger partial charge on any atom is -0.497 e. The van der Waals surface area contributed by atoms with E-state index in [0.29, 0.717) is 11.2 Å². The number of ether oxygens (including phenoxy) is 1. The van der Waals surface area contributed by atoms with Gasteiger partial charge in [-0.1, -0.05) is 30.3 Å². The fourth-order valence-corrected chi connectivity index (χ4v) is 3.60. The standard InChI is InChI=1S/C19H14N2O2S/c1-23-14-9-7-13(8-10-14)17-20-18(22)15-11-16(24-19(15)21-17)12-5-3-2-4-6-12/h2-11H,1H3,(H,20,21,22). The number of hydrogen-bond donors (Lipinski definition) is 1. The molecule has 0 fully saturated rings. The van der Waals surface area contributed by atoms with Crippen LogP contribution in [0.1, 0.15) is 0 Å². The van der Waals surface area contributed by atoms with E-state index in [1.165, 1.54) is 11.3 Å². The summed E-state index contributed by atoms with van der Waals surface area (Å²) < 4.78 is 5.16. The van der Waals surface area contributed by atoms with Crippen molar-refractivity contribution in [2.75, 3.05) is 7.11 Å². The number of hydrogen-bond acceptors (Lipinski definition) is 4. The number of aromatic nitrogens is 2. The summed E-state index contributed by atoms with van der Waals surface area (Å²) >= 11 is 1.53. The van der Waals surface area contributed by atoms with Crippen molar-refractivity contribution < 1.29 is 4.74 Å². The highest BCUT2D eigenvalue weighted by Gasteiger charge is 2.11. The highest BCUT2D eigenvalue weighted by Crippen LogP contribution is 2.31. The molecular formula is C19H14N2O2S. The van der Waals surface area contributed by atoms with E-state index < -0.39 is 0 Å². The van der Waals surface area contributed by atoms with Gasteiger partial charge in [0, 0.05) is 10.4 Å². The molecule has 5 heteroatoms. The molecule has 24 heavy (non-hydrogen) atoms. The molecular weight excluding hydrogens is 320 g/mol. The van der Waals surface area contributed by atoms with Crippen LogP contribution in [-0.4, -0.2) is 17.1 Å². The monoisotopic (exact) mass is 334 g/mol. The van der Waals surface area contributed by atoms with Gasteiger partial charge in [-0.3, -0.25) is 4.79 Å². The van der Waals surface area contributed by atoms with Crippen molar-refractivity contribution in [2.24, 2.45) is 0 Å². The van der Waals surface area contributed by atoms with Crippen molar-refractivity contribution in [2.45, 2.75) is 0 Å². The fraction of sp³-hybridized carbons (Fsp3) is 0.0526. The van der Waals surface area contributed by atoms with E-state index in [-0.39, 0.29) is 5.56 Å². The van der Waals surface area contributed by atoms with Crippen LogP contribution in [0.3, 0.4) is 0 Å². The third-order valence-corrected chi connectivity index (χ3v) is 4.90. The van der Waals surface area contributed by atoms with Crippen LogP contribution < -0.4 is 10.3 Å². The van der Waals surface area contributed by atoms with Crippen LogP contribution in [0.4, 0.5) is 0 Å². The summed E-state index contributed by atoms with van der Waals surface area (Å²) in [6.45, 7) is 0. The van der Waals surface area contributed by atoms with Gasteiger partial charge >= 0.3 is 0 Å². The van der Waals surface area contributed by atoms with Crippen LogP contribution in [-0.2, 0) is 0 Å². The summed E-state index contributed by atoms with van der Waals surface area (Å²) in [7, 11) is 1.62. The molecule has 0 amide bonds. The zero-order chi connectivity index (χ0) is 16.5. The molecule has 0 saturated heterocycles. The molecule has 4 rings (SSSR count). The predicted octanol–water partition coefficient (Wildman–Crippen LogP) is 4.33. The highest BCUT2D eigenvalue weighted by molar-refractivity contribution is 7.21. The quantitative estimate of drug-likeness (QED) is 0.607. The van der Waals surface area contributed by atoms with Gasteiger partial charge in [-0.2, -0.15) is 0 Å². The number of methoxy groups -OCH3 is 1. The first-order chi connectivity index (χ1) is 11.7. The minimum absolute atomic E-state index is 0.121. The molecule has 0 saturated carbocycles.